The molecule has 37 heavy (non-hydrogen) atoms. The fourth-order valence-electron chi connectivity index (χ4n) is 3.92. The molecule has 1 fully saturated rings. The number of carbonyl (C=O) groups is 2. The van der Waals surface area contributed by atoms with Crippen LogP contribution in [0.5, 0.6) is 5.88 Å². The summed E-state index contributed by atoms with van der Waals surface area (Å²) < 4.78 is 25.4. The van der Waals surface area contributed by atoms with E-state index in [1.54, 1.807) is 12.1 Å². The lowest BCUT2D eigenvalue weighted by atomic mass is 10.0. The first-order valence-electron chi connectivity index (χ1n) is 11.6. The quantitative estimate of drug-likeness (QED) is 0.358. The molecule has 3 heterocycles. The molecule has 12 heteroatoms. The van der Waals surface area contributed by atoms with Crippen LogP contribution in [0.1, 0.15) is 22.3 Å². The lowest BCUT2D eigenvalue weighted by Gasteiger charge is -2.36. The van der Waals surface area contributed by atoms with Gasteiger partial charge in [0.25, 0.3) is 5.91 Å². The highest BCUT2D eigenvalue weighted by Crippen LogP contribution is 2.26. The van der Waals surface area contributed by atoms with Crippen molar-refractivity contribution in [3.8, 4) is 5.88 Å². The summed E-state index contributed by atoms with van der Waals surface area (Å²) in [6, 6.07) is 12.7. The van der Waals surface area contributed by atoms with E-state index in [0.717, 1.165) is 11.6 Å². The van der Waals surface area contributed by atoms with E-state index in [0.29, 0.717) is 24.5 Å². The van der Waals surface area contributed by atoms with Crippen LogP contribution in [0.2, 0.25) is 0 Å². The maximum absolute atomic E-state index is 14.9. The molecule has 0 aliphatic carbocycles. The second kappa shape index (κ2) is 11.5. The number of hydrogen-bond acceptors (Lipinski definition) is 9. The number of hydrogen-bond donors (Lipinski definition) is 4. The van der Waals surface area contributed by atoms with Crippen LogP contribution in [0.15, 0.2) is 54.7 Å². The third kappa shape index (κ3) is 6.41. The van der Waals surface area contributed by atoms with E-state index in [1.807, 2.05) is 30.3 Å². The molecule has 11 nitrogen and oxygen atoms in total. The Morgan fingerprint density at radius 2 is 1.97 bits per heavy atom. The number of nitrogens with zero attached hydrogens (tertiary/aromatic N) is 3. The van der Waals surface area contributed by atoms with Crippen molar-refractivity contribution < 1.29 is 23.5 Å². The number of benzene rings is 1. The van der Waals surface area contributed by atoms with E-state index in [2.05, 4.69) is 20.6 Å². The average molecular weight is 510 g/mol. The number of amides is 2. The highest BCUT2D eigenvalue weighted by Gasteiger charge is 2.31. The lowest BCUT2D eigenvalue weighted by Crippen LogP contribution is -2.55. The Hall–Kier alpha value is -4.45. The van der Waals surface area contributed by atoms with Crippen LogP contribution < -0.4 is 26.8 Å². The predicted octanol–water partition coefficient (Wildman–Crippen LogP) is 2.62. The SMILES string of the molecule is COc1cc(Nc2nc(NC3CCN(C(=O)OCc4ccccc4)C[C@@H]3N)c(F)cc2C(N)=O)ccn1. The number of rotatable bonds is 8. The number of likely N-dealkylation sites (tertiary alicyclic amines) is 1. The molecule has 2 amide bonds. The van der Waals surface area contributed by atoms with Gasteiger partial charge in [-0.25, -0.2) is 19.2 Å². The maximum atomic E-state index is 14.9. The number of primary amides is 1. The van der Waals surface area contributed by atoms with Gasteiger partial charge < -0.3 is 36.5 Å². The topological polar surface area (TPSA) is 158 Å². The first kappa shape index (κ1) is 25.6. The Bertz CT molecular complexity index is 1260. The standard InChI is InChI=1S/C25H28FN7O4/c1-36-21-11-16(7-9-29-21)30-23-17(22(28)34)12-18(26)24(32-23)31-20-8-10-33(13-19(20)27)25(35)37-14-15-5-3-2-4-6-15/h2-7,9,11-12,19-20H,8,10,13-14,27H2,1H3,(H2,28,34)(H2,29,30,31,32)/t19-,20?/m0/s1. The van der Waals surface area contributed by atoms with Gasteiger partial charge in [0.05, 0.1) is 12.7 Å². The Morgan fingerprint density at radius 3 is 2.68 bits per heavy atom. The number of anilines is 3. The summed E-state index contributed by atoms with van der Waals surface area (Å²) in [5.74, 6) is -1.32. The summed E-state index contributed by atoms with van der Waals surface area (Å²) in [4.78, 5) is 34.2. The number of piperidine rings is 1. The van der Waals surface area contributed by atoms with Gasteiger partial charge in [0, 0.05) is 43.1 Å². The van der Waals surface area contributed by atoms with Gasteiger partial charge in [0.2, 0.25) is 5.88 Å². The molecule has 1 aliphatic heterocycles. The molecule has 3 aromatic rings. The van der Waals surface area contributed by atoms with Crippen molar-refractivity contribution >= 4 is 29.3 Å². The van der Waals surface area contributed by atoms with Crippen molar-refractivity contribution in [2.24, 2.45) is 11.5 Å². The van der Waals surface area contributed by atoms with Crippen LogP contribution in [-0.4, -0.2) is 59.2 Å². The Kier molecular flexibility index (Phi) is 7.98. The van der Waals surface area contributed by atoms with Crippen LogP contribution in [0.4, 0.5) is 26.5 Å². The van der Waals surface area contributed by atoms with E-state index >= 15 is 0 Å². The Balaban J connectivity index is 1.43. The molecule has 4 rings (SSSR count). The third-order valence-electron chi connectivity index (χ3n) is 5.89. The number of pyridine rings is 2. The van der Waals surface area contributed by atoms with E-state index < -0.39 is 23.9 Å². The number of halogens is 1. The highest BCUT2D eigenvalue weighted by molar-refractivity contribution is 5.98. The molecule has 2 aromatic heterocycles. The zero-order chi connectivity index (χ0) is 26.4. The second-order valence-electron chi connectivity index (χ2n) is 8.48. The van der Waals surface area contributed by atoms with Gasteiger partial charge >= 0.3 is 6.09 Å². The molecule has 194 valence electrons. The van der Waals surface area contributed by atoms with Crippen molar-refractivity contribution in [3.63, 3.8) is 0 Å². The minimum absolute atomic E-state index is 0.0557. The Morgan fingerprint density at radius 1 is 1.19 bits per heavy atom. The van der Waals surface area contributed by atoms with Gasteiger partial charge in [0.15, 0.2) is 11.6 Å². The Labute approximate surface area is 213 Å². The zero-order valence-electron chi connectivity index (χ0n) is 20.2. The number of carbonyl (C=O) groups excluding carboxylic acids is 2. The van der Waals surface area contributed by atoms with Gasteiger partial charge in [-0.15, -0.1) is 0 Å². The minimum Gasteiger partial charge on any atom is -0.481 e. The number of nitrogens with one attached hydrogen (secondary N) is 2. The number of ether oxygens (including phenoxy) is 2. The molecule has 2 atom stereocenters. The first-order chi connectivity index (χ1) is 17.8. The van der Waals surface area contributed by atoms with Crippen LogP contribution in [0.25, 0.3) is 0 Å². The summed E-state index contributed by atoms with van der Waals surface area (Å²) in [6.45, 7) is 0.740. The zero-order valence-corrected chi connectivity index (χ0v) is 20.2. The number of nitrogens with two attached hydrogens (primary N) is 2. The molecular weight excluding hydrogens is 481 g/mol. The molecule has 0 radical (unpaired) electrons. The maximum Gasteiger partial charge on any atom is 0.410 e. The molecule has 1 aliphatic rings. The van der Waals surface area contributed by atoms with Crippen molar-refractivity contribution in [1.29, 1.82) is 0 Å². The summed E-state index contributed by atoms with van der Waals surface area (Å²) in [5.41, 5.74) is 13.0. The lowest BCUT2D eigenvalue weighted by molar-refractivity contribution is 0.0845. The van der Waals surface area contributed by atoms with Gasteiger partial charge in [-0.2, -0.15) is 0 Å². The van der Waals surface area contributed by atoms with Crippen LogP contribution in [0.3, 0.4) is 0 Å². The summed E-state index contributed by atoms with van der Waals surface area (Å²) in [7, 11) is 1.47. The van der Waals surface area contributed by atoms with E-state index in [-0.39, 0.29) is 36.4 Å². The monoisotopic (exact) mass is 509 g/mol. The van der Waals surface area contributed by atoms with Gasteiger partial charge in [0.1, 0.15) is 12.4 Å². The van der Waals surface area contributed by atoms with Crippen molar-refractivity contribution in [2.45, 2.75) is 25.1 Å². The van der Waals surface area contributed by atoms with Gasteiger partial charge in [-0.1, -0.05) is 30.3 Å². The summed E-state index contributed by atoms with van der Waals surface area (Å²) in [5, 5.41) is 5.97. The molecule has 1 aromatic carbocycles. The fraction of sp³-hybridized carbons (Fsp3) is 0.280. The largest absolute Gasteiger partial charge is 0.481 e. The number of methoxy groups -OCH3 is 1. The van der Waals surface area contributed by atoms with E-state index in [4.69, 9.17) is 20.9 Å². The van der Waals surface area contributed by atoms with Crippen LogP contribution in [0, 0.1) is 5.82 Å². The second-order valence-corrected chi connectivity index (χ2v) is 8.48. The fourth-order valence-corrected chi connectivity index (χ4v) is 3.92. The molecular formula is C25H28FN7O4. The van der Waals surface area contributed by atoms with Crippen molar-refractivity contribution in [1.82, 2.24) is 14.9 Å². The first-order valence-corrected chi connectivity index (χ1v) is 11.6. The number of aromatic nitrogens is 2. The molecule has 0 bridgehead atoms. The van der Waals surface area contributed by atoms with Gasteiger partial charge in [-0.3, -0.25) is 4.79 Å². The van der Waals surface area contributed by atoms with Crippen molar-refractivity contribution in [3.05, 3.63) is 71.7 Å². The van der Waals surface area contributed by atoms with Crippen LogP contribution in [-0.2, 0) is 11.3 Å². The van der Waals surface area contributed by atoms with E-state index in [9.17, 15) is 14.0 Å². The third-order valence-corrected chi connectivity index (χ3v) is 5.89. The molecule has 0 spiro atoms. The molecule has 0 saturated carbocycles. The smallest absolute Gasteiger partial charge is 0.410 e. The van der Waals surface area contributed by atoms with Crippen LogP contribution >= 0.6 is 0 Å². The average Bonchev–Trinajstić information content (AvgIpc) is 2.90. The summed E-state index contributed by atoms with van der Waals surface area (Å²) in [6.07, 6.45) is 1.47. The van der Waals surface area contributed by atoms with Gasteiger partial charge in [-0.05, 0) is 24.1 Å². The molecule has 6 N–H and O–H groups in total. The predicted molar refractivity (Wildman–Crippen MR) is 135 cm³/mol. The van der Waals surface area contributed by atoms with Crippen molar-refractivity contribution in [2.75, 3.05) is 30.8 Å². The normalized spacial score (nSPS) is 17.1. The summed E-state index contributed by atoms with van der Waals surface area (Å²) >= 11 is 0. The minimum atomic E-state index is -0.847. The molecule has 1 saturated heterocycles. The highest BCUT2D eigenvalue weighted by atomic mass is 19.1. The van der Waals surface area contributed by atoms with E-state index in [1.165, 1.54) is 18.2 Å². The molecule has 1 unspecified atom stereocenters.